The molecule has 0 aliphatic heterocycles. The molecule has 0 saturated carbocycles. The fourth-order valence-corrected chi connectivity index (χ4v) is 6.34. The molecule has 1 aromatic carbocycles. The highest BCUT2D eigenvalue weighted by Gasteiger charge is 2.21. The van der Waals surface area contributed by atoms with Crippen LogP contribution in [0.15, 0.2) is 24.2 Å². The topological polar surface area (TPSA) is 86.6 Å². The lowest BCUT2D eigenvalue weighted by Crippen LogP contribution is -2.39. The predicted molar refractivity (Wildman–Crippen MR) is 175 cm³/mol. The highest BCUT2D eigenvalue weighted by molar-refractivity contribution is 7.69. The molecule has 0 saturated heterocycles. The Kier molecular flexibility index (Phi) is 21.1. The fraction of sp³-hybridized carbons (Fsp3) is 0.765. The molecule has 1 unspecified atom stereocenters. The largest absolute Gasteiger partial charge is 0.396 e. The molecule has 41 heavy (non-hydrogen) atoms. The first kappa shape index (κ1) is 35.9. The van der Waals surface area contributed by atoms with Crippen molar-refractivity contribution in [3.8, 4) is 0 Å². The van der Waals surface area contributed by atoms with Crippen molar-refractivity contribution in [1.29, 1.82) is 0 Å². The van der Waals surface area contributed by atoms with E-state index in [0.29, 0.717) is 48.2 Å². The molecule has 0 aliphatic carbocycles. The average molecular weight is 595 g/mol. The second-order valence-corrected chi connectivity index (χ2v) is 14.4. The Balaban J connectivity index is 1.90. The van der Waals surface area contributed by atoms with Gasteiger partial charge in [-0.2, -0.15) is 0 Å². The van der Waals surface area contributed by atoms with Crippen LogP contribution >= 0.6 is 8.15 Å². The van der Waals surface area contributed by atoms with Gasteiger partial charge in [-0.25, -0.2) is 0 Å². The number of benzene rings is 1. The summed E-state index contributed by atoms with van der Waals surface area (Å²) in [7, 11) is 4.52. The second-order valence-electron chi connectivity index (χ2n) is 12.7. The van der Waals surface area contributed by atoms with Crippen LogP contribution in [-0.2, 0) is 16.0 Å². The van der Waals surface area contributed by atoms with Gasteiger partial charge in [-0.05, 0) is 56.0 Å². The van der Waals surface area contributed by atoms with Crippen molar-refractivity contribution in [2.24, 2.45) is 0 Å². The standard InChI is InChI=1S/C34H61N2O4P/c1-36(2,3)30-34(39)41(40)29-21-17-15-13-11-9-7-5-4-6-8-10-12-14-16-18-22-31-24-26-32(27-25-31)35-33(38)23-19-20-28-37/h24-27,37,40H,4-23,28-30H2,1-3H3/p+1/i24D. The smallest absolute Gasteiger partial charge is 0.234 e. The molecule has 3 N–H and O–H groups in total. The molecular formula is C34H62N2O4P+. The predicted octanol–water partition coefficient (Wildman–Crippen LogP) is 8.19. The van der Waals surface area contributed by atoms with Crippen LogP contribution in [0.3, 0.4) is 0 Å². The number of quaternary nitrogens is 1. The van der Waals surface area contributed by atoms with Crippen LogP contribution in [0.5, 0.6) is 0 Å². The zero-order chi connectivity index (χ0) is 31.1. The van der Waals surface area contributed by atoms with E-state index in [1.54, 1.807) is 6.07 Å². The zero-order valence-corrected chi connectivity index (χ0v) is 27.5. The van der Waals surface area contributed by atoms with Crippen molar-refractivity contribution >= 4 is 25.3 Å². The summed E-state index contributed by atoms with van der Waals surface area (Å²) in [6.45, 7) is 0.536. The summed E-state index contributed by atoms with van der Waals surface area (Å²) in [5.41, 5.74) is 1.77. The third kappa shape index (κ3) is 22.9. The number of carbonyl (C=O) groups is 2. The average Bonchev–Trinajstić information content (AvgIpc) is 2.92. The van der Waals surface area contributed by atoms with E-state index in [-0.39, 0.29) is 18.0 Å². The first-order valence-corrected chi connectivity index (χ1v) is 17.9. The molecule has 1 amide bonds. The first-order chi connectivity index (χ1) is 20.1. The van der Waals surface area contributed by atoms with Crippen molar-refractivity contribution in [1.82, 2.24) is 0 Å². The number of likely N-dealkylation sites (N-methyl/N-ethyl adjacent to an activating group) is 1. The van der Waals surface area contributed by atoms with E-state index < -0.39 is 8.15 Å². The number of rotatable bonds is 27. The van der Waals surface area contributed by atoms with Crippen molar-refractivity contribution in [2.75, 3.05) is 45.8 Å². The molecule has 0 radical (unpaired) electrons. The van der Waals surface area contributed by atoms with Crippen LogP contribution in [-0.4, -0.2) is 66.4 Å². The molecule has 0 aromatic heterocycles. The number of aliphatic hydroxyl groups excluding tert-OH is 1. The quantitative estimate of drug-likeness (QED) is 0.0544. The lowest BCUT2D eigenvalue weighted by Gasteiger charge is -2.23. The number of unbranched alkanes of at least 4 members (excludes halogenated alkanes) is 16. The van der Waals surface area contributed by atoms with Gasteiger partial charge in [0.15, 0.2) is 0 Å². The molecule has 236 valence electrons. The zero-order valence-electron chi connectivity index (χ0n) is 27.6. The summed E-state index contributed by atoms with van der Waals surface area (Å²) in [5.74, 6) is -0.0604. The highest BCUT2D eigenvalue weighted by Crippen LogP contribution is 2.33. The Morgan fingerprint density at radius 2 is 1.27 bits per heavy atom. The third-order valence-electron chi connectivity index (χ3n) is 7.44. The number of amides is 1. The molecule has 1 atom stereocenters. The lowest BCUT2D eigenvalue weighted by molar-refractivity contribution is -0.861. The third-order valence-corrected chi connectivity index (χ3v) is 8.89. The lowest BCUT2D eigenvalue weighted by atomic mass is 10.0. The van der Waals surface area contributed by atoms with Crippen molar-refractivity contribution in [2.45, 2.75) is 128 Å². The Morgan fingerprint density at radius 3 is 1.76 bits per heavy atom. The van der Waals surface area contributed by atoms with Gasteiger partial charge in [0, 0.05) is 18.7 Å². The number of nitrogens with zero attached hydrogens (tertiary/aromatic N) is 1. The van der Waals surface area contributed by atoms with Gasteiger partial charge >= 0.3 is 0 Å². The van der Waals surface area contributed by atoms with Gasteiger partial charge in [-0.3, -0.25) is 9.59 Å². The Bertz CT molecular complexity index is 862. The molecule has 1 rings (SSSR count). The van der Waals surface area contributed by atoms with Crippen LogP contribution in [0.4, 0.5) is 5.69 Å². The molecule has 0 fully saturated rings. The normalized spacial score (nSPS) is 12.8. The minimum absolute atomic E-state index is 0.0348. The van der Waals surface area contributed by atoms with Crippen LogP contribution < -0.4 is 5.32 Å². The molecule has 0 bridgehead atoms. The minimum atomic E-state index is -1.44. The Morgan fingerprint density at radius 1 is 0.756 bits per heavy atom. The summed E-state index contributed by atoms with van der Waals surface area (Å²) in [6.07, 6.45) is 23.5. The van der Waals surface area contributed by atoms with Gasteiger partial charge in [0.05, 0.1) is 22.5 Å². The van der Waals surface area contributed by atoms with E-state index in [2.05, 4.69) is 5.32 Å². The van der Waals surface area contributed by atoms with E-state index in [0.717, 1.165) is 31.2 Å². The van der Waals surface area contributed by atoms with Gasteiger partial charge in [0.2, 0.25) is 11.4 Å². The number of hydrogen-bond acceptors (Lipinski definition) is 4. The number of carbonyl (C=O) groups excluding carboxylic acids is 2. The summed E-state index contributed by atoms with van der Waals surface area (Å²) < 4.78 is 8.85. The highest BCUT2D eigenvalue weighted by atomic mass is 31.1. The minimum Gasteiger partial charge on any atom is -0.396 e. The van der Waals surface area contributed by atoms with Gasteiger partial charge < -0.3 is 19.8 Å². The van der Waals surface area contributed by atoms with Gasteiger partial charge in [0.25, 0.3) is 0 Å². The van der Waals surface area contributed by atoms with Crippen LogP contribution in [0.1, 0.15) is 129 Å². The number of aryl methyl sites for hydroxylation is 1. The van der Waals surface area contributed by atoms with E-state index in [1.165, 1.54) is 83.5 Å². The molecule has 7 heteroatoms. The van der Waals surface area contributed by atoms with E-state index >= 15 is 0 Å². The molecule has 1 aromatic rings. The maximum Gasteiger partial charge on any atom is 0.234 e. The number of aliphatic hydroxyl groups is 1. The maximum atomic E-state index is 12.0. The fourth-order valence-electron chi connectivity index (χ4n) is 4.98. The van der Waals surface area contributed by atoms with E-state index in [9.17, 15) is 14.5 Å². The SMILES string of the molecule is [2H]c1cc(NC(=O)CCCCO)ccc1CCCCCCCCCCCCCCCCCCP(O)C(=O)C[N+](C)(C)C. The van der Waals surface area contributed by atoms with Gasteiger partial charge in [-0.1, -0.05) is 102 Å². The maximum absolute atomic E-state index is 12.0. The number of nitrogens with one attached hydrogen (secondary N) is 1. The molecule has 0 spiro atoms. The number of anilines is 1. The second kappa shape index (κ2) is 24.1. The van der Waals surface area contributed by atoms with Crippen molar-refractivity contribution in [3.05, 3.63) is 29.8 Å². The van der Waals surface area contributed by atoms with E-state index in [4.69, 9.17) is 6.48 Å². The van der Waals surface area contributed by atoms with Gasteiger partial charge in [0.1, 0.15) is 14.7 Å². The summed E-state index contributed by atoms with van der Waals surface area (Å²) in [5, 5.41) is 11.7. The first-order valence-electron chi connectivity index (χ1n) is 16.9. The molecule has 0 aliphatic rings. The summed E-state index contributed by atoms with van der Waals surface area (Å²) >= 11 is 0. The van der Waals surface area contributed by atoms with Crippen LogP contribution in [0.25, 0.3) is 0 Å². The monoisotopic (exact) mass is 594 g/mol. The van der Waals surface area contributed by atoms with E-state index in [1.807, 2.05) is 33.3 Å². The molecule has 0 heterocycles. The number of hydrogen-bond donors (Lipinski definition) is 3. The Hall–Kier alpha value is -1.33. The van der Waals surface area contributed by atoms with Crippen LogP contribution in [0, 0.1) is 0 Å². The molecular weight excluding hydrogens is 531 g/mol. The molecule has 6 nitrogen and oxygen atoms in total. The van der Waals surface area contributed by atoms with Crippen molar-refractivity contribution in [3.63, 3.8) is 0 Å². The Labute approximate surface area is 254 Å². The summed E-state index contributed by atoms with van der Waals surface area (Å²) in [6, 6.07) is 6.11. The van der Waals surface area contributed by atoms with Crippen molar-refractivity contribution < 1.29 is 25.4 Å². The van der Waals surface area contributed by atoms with Gasteiger partial charge in [-0.15, -0.1) is 0 Å². The summed E-state index contributed by atoms with van der Waals surface area (Å²) in [4.78, 5) is 34.0. The van der Waals surface area contributed by atoms with Crippen LogP contribution in [0.2, 0.25) is 0 Å².